The highest BCUT2D eigenvalue weighted by Gasteiger charge is 2.12. The van der Waals surface area contributed by atoms with Gasteiger partial charge in [-0.05, 0) is 29.1 Å². The Hall–Kier alpha value is 0.0900. The minimum Gasteiger partial charge on any atom is -0.148 e. The van der Waals surface area contributed by atoms with Crippen LogP contribution in [0, 0.1) is 11.3 Å². The van der Waals surface area contributed by atoms with Crippen molar-refractivity contribution in [2.75, 3.05) is 0 Å². The van der Waals surface area contributed by atoms with Crippen LogP contribution in [0.15, 0.2) is 11.5 Å². The molecule has 0 rings (SSSR count). The Labute approximate surface area is 76.5 Å². The number of rotatable bonds is 3. The molecular formula is C10H20S. The van der Waals surface area contributed by atoms with Crippen LogP contribution in [-0.4, -0.2) is 0 Å². The maximum atomic E-state index is 4.23. The predicted molar refractivity (Wildman–Crippen MR) is 56.0 cm³/mol. The van der Waals surface area contributed by atoms with Crippen molar-refractivity contribution in [2.24, 2.45) is 11.3 Å². The smallest absolute Gasteiger partial charge is 0.0139 e. The van der Waals surface area contributed by atoms with Gasteiger partial charge in [0.25, 0.3) is 0 Å². The molecule has 0 bridgehead atoms. The Morgan fingerprint density at radius 1 is 1.45 bits per heavy atom. The fourth-order valence-corrected chi connectivity index (χ4v) is 0.945. The van der Waals surface area contributed by atoms with Crippen molar-refractivity contribution >= 4 is 12.6 Å². The van der Waals surface area contributed by atoms with Gasteiger partial charge in [-0.1, -0.05) is 34.3 Å². The molecule has 0 aromatic rings. The van der Waals surface area contributed by atoms with Crippen LogP contribution in [0.2, 0.25) is 0 Å². The lowest BCUT2D eigenvalue weighted by Crippen LogP contribution is -2.07. The van der Waals surface area contributed by atoms with Crippen molar-refractivity contribution in [3.63, 3.8) is 0 Å². The molecular weight excluding hydrogens is 152 g/mol. The van der Waals surface area contributed by atoms with Gasteiger partial charge in [0.05, 0.1) is 0 Å². The zero-order chi connectivity index (χ0) is 9.07. The molecule has 0 heterocycles. The standard InChI is InChI=1S/C10H20S/c1-8(9(2)11)6-7-10(3,4)5/h8,11H,2,6-7H2,1,3-5H3. The molecule has 0 aromatic heterocycles. The Kier molecular flexibility index (Phi) is 4.23. The fourth-order valence-electron chi connectivity index (χ4n) is 0.816. The van der Waals surface area contributed by atoms with Gasteiger partial charge >= 0.3 is 0 Å². The minimum atomic E-state index is 0.442. The van der Waals surface area contributed by atoms with Crippen molar-refractivity contribution in [1.29, 1.82) is 0 Å². The third-order valence-electron chi connectivity index (χ3n) is 1.90. The van der Waals surface area contributed by atoms with Crippen LogP contribution < -0.4 is 0 Å². The van der Waals surface area contributed by atoms with E-state index in [4.69, 9.17) is 0 Å². The van der Waals surface area contributed by atoms with Crippen molar-refractivity contribution < 1.29 is 0 Å². The first-order valence-corrected chi connectivity index (χ1v) is 4.65. The van der Waals surface area contributed by atoms with Gasteiger partial charge in [0, 0.05) is 0 Å². The molecule has 66 valence electrons. The summed E-state index contributed by atoms with van der Waals surface area (Å²) in [5, 5.41) is 0. The van der Waals surface area contributed by atoms with E-state index in [2.05, 4.69) is 46.9 Å². The van der Waals surface area contributed by atoms with E-state index in [0.717, 1.165) is 4.91 Å². The van der Waals surface area contributed by atoms with Crippen molar-refractivity contribution in [3.05, 3.63) is 11.5 Å². The molecule has 0 aliphatic heterocycles. The number of allylic oxidation sites excluding steroid dienone is 1. The van der Waals surface area contributed by atoms with E-state index in [1.807, 2.05) is 0 Å². The lowest BCUT2D eigenvalue weighted by molar-refractivity contribution is 0.346. The van der Waals surface area contributed by atoms with Gasteiger partial charge in [-0.2, -0.15) is 0 Å². The largest absolute Gasteiger partial charge is 0.148 e. The topological polar surface area (TPSA) is 0 Å². The van der Waals surface area contributed by atoms with E-state index in [1.165, 1.54) is 12.8 Å². The van der Waals surface area contributed by atoms with Crippen LogP contribution in [0.5, 0.6) is 0 Å². The molecule has 0 N–H and O–H groups in total. The zero-order valence-electron chi connectivity index (χ0n) is 8.15. The van der Waals surface area contributed by atoms with E-state index in [1.54, 1.807) is 0 Å². The van der Waals surface area contributed by atoms with Gasteiger partial charge in [0.15, 0.2) is 0 Å². The predicted octanol–water partition coefficient (Wildman–Crippen LogP) is 3.89. The molecule has 0 nitrogen and oxygen atoms in total. The lowest BCUT2D eigenvalue weighted by atomic mass is 9.87. The molecule has 0 saturated heterocycles. The second kappa shape index (κ2) is 4.20. The van der Waals surface area contributed by atoms with Crippen molar-refractivity contribution in [3.8, 4) is 0 Å². The van der Waals surface area contributed by atoms with E-state index >= 15 is 0 Å². The van der Waals surface area contributed by atoms with Crippen molar-refractivity contribution in [2.45, 2.75) is 40.5 Å². The summed E-state index contributed by atoms with van der Waals surface area (Å²) in [6, 6.07) is 0. The SMILES string of the molecule is C=C(S)C(C)CCC(C)(C)C. The lowest BCUT2D eigenvalue weighted by Gasteiger charge is -2.20. The van der Waals surface area contributed by atoms with Gasteiger partial charge in [0.1, 0.15) is 0 Å². The van der Waals surface area contributed by atoms with E-state index in [0.29, 0.717) is 11.3 Å². The molecule has 0 saturated carbocycles. The Balaban J connectivity index is 3.63. The Bertz CT molecular complexity index is 130. The third kappa shape index (κ3) is 6.49. The molecule has 0 radical (unpaired) electrons. The molecule has 0 aliphatic rings. The molecule has 1 atom stereocenters. The van der Waals surface area contributed by atoms with Crippen LogP contribution in [0.4, 0.5) is 0 Å². The van der Waals surface area contributed by atoms with Crippen LogP contribution in [0.3, 0.4) is 0 Å². The Morgan fingerprint density at radius 2 is 1.91 bits per heavy atom. The van der Waals surface area contributed by atoms with Gasteiger partial charge in [0.2, 0.25) is 0 Å². The fraction of sp³-hybridized carbons (Fsp3) is 0.800. The minimum absolute atomic E-state index is 0.442. The summed E-state index contributed by atoms with van der Waals surface area (Å²) in [6.07, 6.45) is 2.44. The summed E-state index contributed by atoms with van der Waals surface area (Å²) < 4.78 is 0. The first-order chi connectivity index (χ1) is 4.83. The van der Waals surface area contributed by atoms with Crippen LogP contribution in [0.25, 0.3) is 0 Å². The summed E-state index contributed by atoms with van der Waals surface area (Å²) in [6.45, 7) is 12.8. The van der Waals surface area contributed by atoms with E-state index in [-0.39, 0.29) is 0 Å². The number of thiol groups is 1. The monoisotopic (exact) mass is 172 g/mol. The van der Waals surface area contributed by atoms with Crippen LogP contribution in [0.1, 0.15) is 40.5 Å². The first kappa shape index (κ1) is 11.1. The molecule has 0 aliphatic carbocycles. The van der Waals surface area contributed by atoms with Gasteiger partial charge in [-0.3, -0.25) is 0 Å². The molecule has 0 spiro atoms. The highest BCUT2D eigenvalue weighted by Crippen LogP contribution is 2.26. The van der Waals surface area contributed by atoms with Crippen LogP contribution >= 0.6 is 12.6 Å². The van der Waals surface area contributed by atoms with Gasteiger partial charge < -0.3 is 0 Å². The first-order valence-electron chi connectivity index (χ1n) is 4.20. The summed E-state index contributed by atoms with van der Waals surface area (Å²) in [5.74, 6) is 0.553. The summed E-state index contributed by atoms with van der Waals surface area (Å²) >= 11 is 4.23. The normalized spacial score (nSPS) is 14.6. The maximum absolute atomic E-state index is 4.23. The molecule has 1 unspecified atom stereocenters. The third-order valence-corrected chi connectivity index (χ3v) is 2.34. The van der Waals surface area contributed by atoms with Gasteiger partial charge in [-0.15, -0.1) is 12.6 Å². The summed E-state index contributed by atoms with van der Waals surface area (Å²) in [5.41, 5.74) is 0.442. The molecule has 1 heteroatoms. The Morgan fingerprint density at radius 3 is 2.18 bits per heavy atom. The highest BCUT2D eigenvalue weighted by molar-refractivity contribution is 7.84. The van der Waals surface area contributed by atoms with Gasteiger partial charge in [-0.25, -0.2) is 0 Å². The maximum Gasteiger partial charge on any atom is -0.0139 e. The molecule has 0 amide bonds. The van der Waals surface area contributed by atoms with E-state index in [9.17, 15) is 0 Å². The number of hydrogen-bond acceptors (Lipinski definition) is 1. The average molecular weight is 172 g/mol. The summed E-state index contributed by atoms with van der Waals surface area (Å²) in [4.78, 5) is 1.01. The second-order valence-corrected chi connectivity index (χ2v) is 5.07. The summed E-state index contributed by atoms with van der Waals surface area (Å²) in [7, 11) is 0. The average Bonchev–Trinajstić information content (AvgIpc) is 1.80. The molecule has 0 fully saturated rings. The zero-order valence-corrected chi connectivity index (χ0v) is 9.04. The van der Waals surface area contributed by atoms with Crippen LogP contribution in [-0.2, 0) is 0 Å². The molecule has 0 aromatic carbocycles. The quantitative estimate of drug-likeness (QED) is 0.613. The number of hydrogen-bond donors (Lipinski definition) is 1. The molecule has 11 heavy (non-hydrogen) atoms. The second-order valence-electron chi connectivity index (χ2n) is 4.49. The van der Waals surface area contributed by atoms with E-state index < -0.39 is 0 Å². The van der Waals surface area contributed by atoms with Crippen molar-refractivity contribution in [1.82, 2.24) is 0 Å². The highest BCUT2D eigenvalue weighted by atomic mass is 32.1.